The van der Waals surface area contributed by atoms with Crippen molar-refractivity contribution in [2.45, 2.75) is 26.4 Å². The summed E-state index contributed by atoms with van der Waals surface area (Å²) in [5.74, 6) is 1.47. The first-order chi connectivity index (χ1) is 8.56. The summed E-state index contributed by atoms with van der Waals surface area (Å²) in [4.78, 5) is 4.13. The fourth-order valence-corrected chi connectivity index (χ4v) is 2.14. The minimum Gasteiger partial charge on any atom is -0.445 e. The molecule has 2 aromatic rings. The van der Waals surface area contributed by atoms with E-state index in [0.717, 1.165) is 11.3 Å². The molecule has 2 rings (SSSR count). The van der Waals surface area contributed by atoms with E-state index in [1.54, 1.807) is 18.3 Å². The molecule has 1 aromatic carbocycles. The van der Waals surface area contributed by atoms with Crippen LogP contribution in [0.5, 0.6) is 0 Å². The molecular weight excluding hydrogens is 271 g/mol. The van der Waals surface area contributed by atoms with Crippen molar-refractivity contribution >= 4 is 23.2 Å². The SMILES string of the molecule is Cc1cnc(CNC(C)c2cc(Cl)ccc2Cl)o1. The van der Waals surface area contributed by atoms with Gasteiger partial charge in [-0.1, -0.05) is 23.2 Å². The van der Waals surface area contributed by atoms with Gasteiger partial charge in [0, 0.05) is 16.1 Å². The van der Waals surface area contributed by atoms with Crippen molar-refractivity contribution in [1.82, 2.24) is 10.3 Å². The summed E-state index contributed by atoms with van der Waals surface area (Å²) in [6.45, 7) is 4.44. The Hall–Kier alpha value is -1.03. The predicted octanol–water partition coefficient (Wildman–Crippen LogP) is 4.14. The summed E-state index contributed by atoms with van der Waals surface area (Å²) in [6.07, 6.45) is 1.70. The van der Waals surface area contributed by atoms with Crippen LogP contribution in [0.1, 0.15) is 30.2 Å². The van der Waals surface area contributed by atoms with Gasteiger partial charge in [0.2, 0.25) is 5.89 Å². The summed E-state index contributed by atoms with van der Waals surface area (Å²) in [6, 6.07) is 5.51. The fraction of sp³-hybridized carbons (Fsp3) is 0.308. The highest BCUT2D eigenvalue weighted by Crippen LogP contribution is 2.26. The first-order valence-corrected chi connectivity index (χ1v) is 6.41. The molecule has 1 aromatic heterocycles. The van der Waals surface area contributed by atoms with Crippen LogP contribution in [0.15, 0.2) is 28.8 Å². The zero-order chi connectivity index (χ0) is 13.1. The van der Waals surface area contributed by atoms with E-state index < -0.39 is 0 Å². The molecule has 0 saturated carbocycles. The van der Waals surface area contributed by atoms with Crippen LogP contribution < -0.4 is 5.32 Å². The maximum atomic E-state index is 6.14. The highest BCUT2D eigenvalue weighted by Gasteiger charge is 2.11. The summed E-state index contributed by atoms with van der Waals surface area (Å²) in [7, 11) is 0. The molecule has 0 aliphatic rings. The first-order valence-electron chi connectivity index (χ1n) is 5.66. The number of aromatic nitrogens is 1. The maximum absolute atomic E-state index is 6.14. The number of hydrogen-bond donors (Lipinski definition) is 1. The number of aryl methyl sites for hydroxylation is 1. The second-order valence-corrected chi connectivity index (χ2v) is 4.98. The molecule has 0 bridgehead atoms. The lowest BCUT2D eigenvalue weighted by Crippen LogP contribution is -2.18. The Bertz CT molecular complexity index is 540. The largest absolute Gasteiger partial charge is 0.445 e. The number of nitrogens with zero attached hydrogens (tertiary/aromatic N) is 1. The number of benzene rings is 1. The van der Waals surface area contributed by atoms with E-state index in [1.165, 1.54) is 0 Å². The van der Waals surface area contributed by atoms with Gasteiger partial charge < -0.3 is 9.73 Å². The lowest BCUT2D eigenvalue weighted by Gasteiger charge is -2.14. The number of rotatable bonds is 4. The van der Waals surface area contributed by atoms with Crippen LogP contribution in [-0.4, -0.2) is 4.98 Å². The van der Waals surface area contributed by atoms with Gasteiger partial charge in [-0.25, -0.2) is 4.98 Å². The Balaban J connectivity index is 2.03. The molecule has 5 heteroatoms. The van der Waals surface area contributed by atoms with E-state index in [-0.39, 0.29) is 6.04 Å². The lowest BCUT2D eigenvalue weighted by molar-refractivity contribution is 0.432. The van der Waals surface area contributed by atoms with Gasteiger partial charge in [-0.05, 0) is 37.6 Å². The van der Waals surface area contributed by atoms with Gasteiger partial charge in [-0.3, -0.25) is 0 Å². The van der Waals surface area contributed by atoms with Crippen LogP contribution >= 0.6 is 23.2 Å². The highest BCUT2D eigenvalue weighted by molar-refractivity contribution is 6.33. The van der Waals surface area contributed by atoms with E-state index >= 15 is 0 Å². The summed E-state index contributed by atoms with van der Waals surface area (Å²) in [5, 5.41) is 4.67. The molecule has 1 atom stereocenters. The van der Waals surface area contributed by atoms with E-state index in [1.807, 2.05) is 19.9 Å². The molecule has 1 unspecified atom stereocenters. The smallest absolute Gasteiger partial charge is 0.208 e. The Labute approximate surface area is 116 Å². The van der Waals surface area contributed by atoms with Crippen LogP contribution in [0.4, 0.5) is 0 Å². The molecule has 0 amide bonds. The number of oxazole rings is 1. The zero-order valence-electron chi connectivity index (χ0n) is 10.2. The van der Waals surface area contributed by atoms with E-state index in [9.17, 15) is 0 Å². The Morgan fingerprint density at radius 3 is 2.83 bits per heavy atom. The van der Waals surface area contributed by atoms with Crippen LogP contribution in [0.25, 0.3) is 0 Å². The second-order valence-electron chi connectivity index (χ2n) is 4.13. The molecule has 0 radical (unpaired) electrons. The Kier molecular flexibility index (Phi) is 4.27. The van der Waals surface area contributed by atoms with Crippen LogP contribution in [0, 0.1) is 6.92 Å². The average Bonchev–Trinajstić information content (AvgIpc) is 2.75. The van der Waals surface area contributed by atoms with Crippen molar-refractivity contribution in [1.29, 1.82) is 0 Å². The van der Waals surface area contributed by atoms with Crippen molar-refractivity contribution in [2.75, 3.05) is 0 Å². The third-order valence-electron chi connectivity index (χ3n) is 2.65. The van der Waals surface area contributed by atoms with Gasteiger partial charge >= 0.3 is 0 Å². The number of halogens is 2. The van der Waals surface area contributed by atoms with Crippen molar-refractivity contribution in [3.8, 4) is 0 Å². The van der Waals surface area contributed by atoms with Gasteiger partial charge in [-0.15, -0.1) is 0 Å². The molecule has 18 heavy (non-hydrogen) atoms. The van der Waals surface area contributed by atoms with Gasteiger partial charge in [0.25, 0.3) is 0 Å². The Morgan fingerprint density at radius 2 is 2.17 bits per heavy atom. The summed E-state index contributed by atoms with van der Waals surface area (Å²) < 4.78 is 5.39. The summed E-state index contributed by atoms with van der Waals surface area (Å²) in [5.41, 5.74) is 0.965. The van der Waals surface area contributed by atoms with E-state index in [4.69, 9.17) is 27.6 Å². The molecule has 0 fully saturated rings. The van der Waals surface area contributed by atoms with E-state index in [2.05, 4.69) is 10.3 Å². The molecule has 0 spiro atoms. The topological polar surface area (TPSA) is 38.1 Å². The Morgan fingerprint density at radius 1 is 1.39 bits per heavy atom. The van der Waals surface area contributed by atoms with Crippen LogP contribution in [-0.2, 0) is 6.54 Å². The fourth-order valence-electron chi connectivity index (χ4n) is 1.68. The number of nitrogens with one attached hydrogen (secondary N) is 1. The number of hydrogen-bond acceptors (Lipinski definition) is 3. The predicted molar refractivity (Wildman–Crippen MR) is 73.0 cm³/mol. The highest BCUT2D eigenvalue weighted by atomic mass is 35.5. The molecule has 0 aliphatic carbocycles. The molecule has 1 heterocycles. The van der Waals surface area contributed by atoms with Crippen molar-refractivity contribution in [3.05, 3.63) is 51.7 Å². The molecule has 96 valence electrons. The second kappa shape index (κ2) is 5.74. The van der Waals surface area contributed by atoms with Crippen molar-refractivity contribution < 1.29 is 4.42 Å². The third kappa shape index (κ3) is 3.25. The zero-order valence-corrected chi connectivity index (χ0v) is 11.7. The van der Waals surface area contributed by atoms with Crippen LogP contribution in [0.2, 0.25) is 10.0 Å². The standard InChI is InChI=1S/C13H14Cl2N2O/c1-8-6-17-13(18-8)7-16-9(2)11-5-10(14)3-4-12(11)15/h3-6,9,16H,7H2,1-2H3. The minimum atomic E-state index is 0.0726. The minimum absolute atomic E-state index is 0.0726. The molecule has 0 aliphatic heterocycles. The molecule has 1 N–H and O–H groups in total. The van der Waals surface area contributed by atoms with Crippen molar-refractivity contribution in [2.24, 2.45) is 0 Å². The lowest BCUT2D eigenvalue weighted by atomic mass is 10.1. The van der Waals surface area contributed by atoms with Gasteiger partial charge in [-0.2, -0.15) is 0 Å². The van der Waals surface area contributed by atoms with Gasteiger partial charge in [0.1, 0.15) is 5.76 Å². The van der Waals surface area contributed by atoms with Crippen molar-refractivity contribution in [3.63, 3.8) is 0 Å². The maximum Gasteiger partial charge on any atom is 0.208 e. The monoisotopic (exact) mass is 284 g/mol. The van der Waals surface area contributed by atoms with Gasteiger partial charge in [0.15, 0.2) is 0 Å². The molecule has 0 saturated heterocycles. The summed E-state index contributed by atoms with van der Waals surface area (Å²) >= 11 is 12.1. The average molecular weight is 285 g/mol. The molecule has 3 nitrogen and oxygen atoms in total. The first kappa shape index (κ1) is 13.4. The normalized spacial score (nSPS) is 12.7. The quantitative estimate of drug-likeness (QED) is 0.917. The van der Waals surface area contributed by atoms with E-state index in [0.29, 0.717) is 22.5 Å². The van der Waals surface area contributed by atoms with Gasteiger partial charge in [0.05, 0.1) is 12.7 Å². The third-order valence-corrected chi connectivity index (χ3v) is 3.23. The van der Waals surface area contributed by atoms with Crippen LogP contribution in [0.3, 0.4) is 0 Å². The molecular formula is C13H14Cl2N2O.